The van der Waals surface area contributed by atoms with Gasteiger partial charge in [0, 0.05) is 11.1 Å². The monoisotopic (exact) mass is 277 g/mol. The fourth-order valence-corrected chi connectivity index (χ4v) is 2.46. The first-order chi connectivity index (χ1) is 10.3. The first-order valence-electron chi connectivity index (χ1n) is 7.39. The minimum atomic E-state index is 0.545. The van der Waals surface area contributed by atoms with Crippen LogP contribution in [0.5, 0.6) is 0 Å². The van der Waals surface area contributed by atoms with Crippen LogP contribution in [0.25, 0.3) is 0 Å². The third-order valence-corrected chi connectivity index (χ3v) is 3.66. The third kappa shape index (κ3) is 2.87. The summed E-state index contributed by atoms with van der Waals surface area (Å²) < 4.78 is 0. The summed E-state index contributed by atoms with van der Waals surface area (Å²) in [4.78, 5) is 8.99. The van der Waals surface area contributed by atoms with Crippen LogP contribution in [-0.2, 0) is 6.42 Å². The van der Waals surface area contributed by atoms with Crippen LogP contribution >= 0.6 is 0 Å². The molecule has 2 aromatic carbocycles. The molecular formula is C18H19N3. The normalized spacial score (nSPS) is 15.1. The van der Waals surface area contributed by atoms with Gasteiger partial charge in [0.25, 0.3) is 0 Å². The largest absolute Gasteiger partial charge is 0.383 e. The second kappa shape index (κ2) is 5.92. The molecule has 1 heterocycles. The summed E-state index contributed by atoms with van der Waals surface area (Å²) in [6.45, 7) is 2.21. The Morgan fingerprint density at radius 1 is 1.00 bits per heavy atom. The van der Waals surface area contributed by atoms with E-state index in [4.69, 9.17) is 5.73 Å². The second-order valence-corrected chi connectivity index (χ2v) is 5.25. The van der Waals surface area contributed by atoms with E-state index in [0.717, 1.165) is 23.2 Å². The first-order valence-corrected chi connectivity index (χ1v) is 7.39. The number of aryl methyl sites for hydroxylation is 1. The summed E-state index contributed by atoms with van der Waals surface area (Å²) in [5.41, 5.74) is 10.2. The van der Waals surface area contributed by atoms with Crippen molar-refractivity contribution in [3.05, 3.63) is 65.2 Å². The Hall–Kier alpha value is -2.42. The Balaban J connectivity index is 1.86. The number of hydrogen-bond acceptors (Lipinski definition) is 2. The lowest BCUT2D eigenvalue weighted by molar-refractivity contribution is 0.795. The minimum absolute atomic E-state index is 0.545. The quantitative estimate of drug-likeness (QED) is 0.907. The molecule has 3 rings (SSSR count). The van der Waals surface area contributed by atoms with Crippen LogP contribution in [-0.4, -0.2) is 11.7 Å². The molecule has 0 aliphatic carbocycles. The van der Waals surface area contributed by atoms with Gasteiger partial charge >= 0.3 is 0 Å². The van der Waals surface area contributed by atoms with Crippen molar-refractivity contribution in [2.75, 3.05) is 0 Å². The van der Waals surface area contributed by atoms with Crippen molar-refractivity contribution in [1.82, 2.24) is 0 Å². The van der Waals surface area contributed by atoms with Crippen LogP contribution in [0.4, 0.5) is 5.69 Å². The smallest absolute Gasteiger partial charge is 0.162 e. The molecule has 0 unspecified atom stereocenters. The van der Waals surface area contributed by atoms with Crippen LogP contribution < -0.4 is 5.73 Å². The van der Waals surface area contributed by atoms with Gasteiger partial charge in [0.05, 0.1) is 5.69 Å². The predicted molar refractivity (Wildman–Crippen MR) is 88.4 cm³/mol. The van der Waals surface area contributed by atoms with E-state index in [1.54, 1.807) is 0 Å². The molecule has 1 aliphatic rings. The van der Waals surface area contributed by atoms with Gasteiger partial charge in [-0.3, -0.25) is 0 Å². The average Bonchev–Trinajstić information content (AvgIpc) is 2.83. The van der Waals surface area contributed by atoms with E-state index >= 15 is 0 Å². The molecule has 0 saturated heterocycles. The van der Waals surface area contributed by atoms with Crippen molar-refractivity contribution in [1.29, 1.82) is 0 Å². The van der Waals surface area contributed by atoms with Gasteiger partial charge < -0.3 is 5.73 Å². The molecule has 106 valence electrons. The van der Waals surface area contributed by atoms with Gasteiger partial charge in [-0.2, -0.15) is 0 Å². The summed E-state index contributed by atoms with van der Waals surface area (Å²) in [5.74, 6) is 1.24. The Kier molecular flexibility index (Phi) is 3.82. The zero-order valence-electron chi connectivity index (χ0n) is 12.2. The molecule has 2 N–H and O–H groups in total. The van der Waals surface area contributed by atoms with E-state index in [2.05, 4.69) is 29.0 Å². The molecule has 0 amide bonds. The highest BCUT2D eigenvalue weighted by molar-refractivity contribution is 6.22. The lowest BCUT2D eigenvalue weighted by Crippen LogP contribution is -2.09. The zero-order chi connectivity index (χ0) is 14.7. The van der Waals surface area contributed by atoms with Crippen LogP contribution in [0.2, 0.25) is 0 Å². The SMILES string of the molecule is CCCCc1ccc(N=C2N=C(N)c3ccccc32)cc1. The molecule has 2 aromatic rings. The molecule has 0 saturated carbocycles. The van der Waals surface area contributed by atoms with Crippen molar-refractivity contribution in [2.24, 2.45) is 15.7 Å². The molecule has 0 radical (unpaired) electrons. The number of benzene rings is 2. The fraction of sp³-hybridized carbons (Fsp3) is 0.222. The van der Waals surface area contributed by atoms with Crippen molar-refractivity contribution in [2.45, 2.75) is 26.2 Å². The number of fused-ring (bicyclic) bond motifs is 1. The van der Waals surface area contributed by atoms with Crippen molar-refractivity contribution in [3.8, 4) is 0 Å². The van der Waals surface area contributed by atoms with Crippen molar-refractivity contribution < 1.29 is 0 Å². The molecule has 3 heteroatoms. The molecule has 0 fully saturated rings. The molecule has 3 nitrogen and oxygen atoms in total. The summed E-state index contributed by atoms with van der Waals surface area (Å²) in [6, 6.07) is 16.3. The van der Waals surface area contributed by atoms with Gasteiger partial charge in [0.15, 0.2) is 5.84 Å². The van der Waals surface area contributed by atoms with E-state index in [1.807, 2.05) is 36.4 Å². The van der Waals surface area contributed by atoms with Crippen LogP contribution in [0, 0.1) is 0 Å². The summed E-state index contributed by atoms with van der Waals surface area (Å²) >= 11 is 0. The van der Waals surface area contributed by atoms with E-state index in [1.165, 1.54) is 18.4 Å². The van der Waals surface area contributed by atoms with Gasteiger partial charge in [-0.25, -0.2) is 9.98 Å². The van der Waals surface area contributed by atoms with Crippen LogP contribution in [0.3, 0.4) is 0 Å². The lowest BCUT2D eigenvalue weighted by Gasteiger charge is -2.01. The zero-order valence-corrected chi connectivity index (χ0v) is 12.2. The highest BCUT2D eigenvalue weighted by atomic mass is 15.0. The van der Waals surface area contributed by atoms with Gasteiger partial charge in [-0.05, 0) is 30.5 Å². The van der Waals surface area contributed by atoms with Gasteiger partial charge in [-0.1, -0.05) is 49.7 Å². The number of nitrogens with zero attached hydrogens (tertiary/aromatic N) is 2. The number of hydrogen-bond donors (Lipinski definition) is 1. The van der Waals surface area contributed by atoms with E-state index in [-0.39, 0.29) is 0 Å². The lowest BCUT2D eigenvalue weighted by atomic mass is 10.1. The highest BCUT2D eigenvalue weighted by Gasteiger charge is 2.18. The van der Waals surface area contributed by atoms with Gasteiger partial charge in [0.1, 0.15) is 5.84 Å². The second-order valence-electron chi connectivity index (χ2n) is 5.25. The van der Waals surface area contributed by atoms with Crippen LogP contribution in [0.1, 0.15) is 36.5 Å². The standard InChI is InChI=1S/C18H19N3/c1-2-3-6-13-9-11-14(12-10-13)20-18-16-8-5-4-7-15(16)17(19)21-18/h4-5,7-12H,2-3,6H2,1H3,(H2,19,20,21). The van der Waals surface area contributed by atoms with Crippen molar-refractivity contribution >= 4 is 17.4 Å². The Morgan fingerprint density at radius 3 is 2.43 bits per heavy atom. The molecule has 0 atom stereocenters. The molecule has 0 bridgehead atoms. The minimum Gasteiger partial charge on any atom is -0.383 e. The summed E-state index contributed by atoms with van der Waals surface area (Å²) in [7, 11) is 0. The summed E-state index contributed by atoms with van der Waals surface area (Å²) in [6.07, 6.45) is 3.57. The third-order valence-electron chi connectivity index (χ3n) is 3.66. The maximum absolute atomic E-state index is 5.94. The Labute approximate surface area is 125 Å². The molecule has 0 spiro atoms. The number of unbranched alkanes of at least 4 members (excludes halogenated alkanes) is 1. The Morgan fingerprint density at radius 2 is 1.71 bits per heavy atom. The van der Waals surface area contributed by atoms with Crippen LogP contribution in [0.15, 0.2) is 58.5 Å². The maximum atomic E-state index is 5.94. The van der Waals surface area contributed by atoms with Gasteiger partial charge in [-0.15, -0.1) is 0 Å². The van der Waals surface area contributed by atoms with E-state index < -0.39 is 0 Å². The fourth-order valence-electron chi connectivity index (χ4n) is 2.46. The van der Waals surface area contributed by atoms with Gasteiger partial charge in [0.2, 0.25) is 0 Å². The molecule has 1 aliphatic heterocycles. The highest BCUT2D eigenvalue weighted by Crippen LogP contribution is 2.22. The van der Waals surface area contributed by atoms with Crippen molar-refractivity contribution in [3.63, 3.8) is 0 Å². The number of aliphatic imine (C=N–C) groups is 2. The maximum Gasteiger partial charge on any atom is 0.162 e. The predicted octanol–water partition coefficient (Wildman–Crippen LogP) is 3.83. The average molecular weight is 277 g/mol. The van der Waals surface area contributed by atoms with E-state index in [9.17, 15) is 0 Å². The summed E-state index contributed by atoms with van der Waals surface area (Å²) in [5, 5.41) is 0. The number of amidine groups is 2. The first kappa shape index (κ1) is 13.6. The van der Waals surface area contributed by atoms with E-state index in [0.29, 0.717) is 11.7 Å². The Bertz CT molecular complexity index is 697. The molecule has 21 heavy (non-hydrogen) atoms. The molecule has 0 aromatic heterocycles. The number of rotatable bonds is 4. The molecular weight excluding hydrogens is 258 g/mol. The number of nitrogens with two attached hydrogens (primary N) is 1. The topological polar surface area (TPSA) is 50.7 Å².